The highest BCUT2D eigenvalue weighted by Crippen LogP contribution is 2.24. The minimum absolute atomic E-state index is 0.0228. The number of hydrogen-bond donors (Lipinski definition) is 2. The van der Waals surface area contributed by atoms with E-state index in [0.29, 0.717) is 12.6 Å². The Morgan fingerprint density at radius 2 is 1.94 bits per heavy atom. The van der Waals surface area contributed by atoms with Crippen molar-refractivity contribution in [3.63, 3.8) is 0 Å². The number of amides is 2. The molecule has 2 rings (SSSR count). The van der Waals surface area contributed by atoms with Crippen LogP contribution >= 0.6 is 0 Å². The van der Waals surface area contributed by atoms with Gasteiger partial charge in [-0.15, -0.1) is 0 Å². The smallest absolute Gasteiger partial charge is 0.318 e. The quantitative estimate of drug-likeness (QED) is 0.736. The first-order valence-electron chi connectivity index (χ1n) is 6.46. The standard InChI is InChI=1S/C12H20N2O3/c15-11(16)7-9-8-14(12(17)13-9)10-5-3-1-2-4-6-10/h9-10H,1-8H2,(H,13,17)(H,15,16). The van der Waals surface area contributed by atoms with Gasteiger partial charge in [0.2, 0.25) is 0 Å². The molecule has 2 N–H and O–H groups in total. The Morgan fingerprint density at radius 3 is 2.53 bits per heavy atom. The second-order valence-electron chi connectivity index (χ2n) is 5.04. The van der Waals surface area contributed by atoms with E-state index in [9.17, 15) is 9.59 Å². The van der Waals surface area contributed by atoms with E-state index in [1.807, 2.05) is 4.90 Å². The minimum Gasteiger partial charge on any atom is -0.481 e. The number of carboxylic acid groups (broad SMARTS) is 1. The van der Waals surface area contributed by atoms with E-state index in [1.54, 1.807) is 0 Å². The molecule has 0 aromatic carbocycles. The SMILES string of the molecule is O=C(O)CC1CN(C2CCCCCC2)C(=O)N1. The summed E-state index contributed by atoms with van der Waals surface area (Å²) in [4.78, 5) is 24.3. The molecule has 2 aliphatic rings. The number of nitrogens with zero attached hydrogens (tertiary/aromatic N) is 1. The zero-order chi connectivity index (χ0) is 12.3. The molecule has 5 nitrogen and oxygen atoms in total. The van der Waals surface area contributed by atoms with Crippen molar-refractivity contribution < 1.29 is 14.7 Å². The van der Waals surface area contributed by atoms with Gasteiger partial charge in [0, 0.05) is 12.6 Å². The Kier molecular flexibility index (Phi) is 3.86. The molecule has 1 unspecified atom stereocenters. The van der Waals surface area contributed by atoms with Crippen LogP contribution in [0.5, 0.6) is 0 Å². The first-order valence-corrected chi connectivity index (χ1v) is 6.46. The molecule has 17 heavy (non-hydrogen) atoms. The van der Waals surface area contributed by atoms with E-state index in [-0.39, 0.29) is 18.5 Å². The Morgan fingerprint density at radius 1 is 1.29 bits per heavy atom. The van der Waals surface area contributed by atoms with Crippen LogP contribution in [0.15, 0.2) is 0 Å². The zero-order valence-corrected chi connectivity index (χ0v) is 10.0. The fourth-order valence-corrected chi connectivity index (χ4v) is 2.83. The normalized spacial score (nSPS) is 26.7. The first-order chi connectivity index (χ1) is 8.16. The summed E-state index contributed by atoms with van der Waals surface area (Å²) in [7, 11) is 0. The van der Waals surface area contributed by atoms with Crippen LogP contribution in [0.2, 0.25) is 0 Å². The van der Waals surface area contributed by atoms with E-state index in [2.05, 4.69) is 5.32 Å². The summed E-state index contributed by atoms with van der Waals surface area (Å²) in [5.74, 6) is -0.849. The maximum Gasteiger partial charge on any atom is 0.318 e. The summed E-state index contributed by atoms with van der Waals surface area (Å²) >= 11 is 0. The van der Waals surface area contributed by atoms with E-state index >= 15 is 0 Å². The zero-order valence-electron chi connectivity index (χ0n) is 10.0. The number of carbonyl (C=O) groups excluding carboxylic acids is 1. The molecular weight excluding hydrogens is 220 g/mol. The van der Waals surface area contributed by atoms with Gasteiger partial charge in [-0.3, -0.25) is 4.79 Å². The molecule has 0 aromatic rings. The molecule has 1 heterocycles. The van der Waals surface area contributed by atoms with Crippen LogP contribution in [-0.4, -0.2) is 40.6 Å². The molecule has 1 saturated heterocycles. The minimum atomic E-state index is -0.849. The molecule has 2 amide bonds. The van der Waals surface area contributed by atoms with Gasteiger partial charge in [0.05, 0.1) is 12.5 Å². The lowest BCUT2D eigenvalue weighted by atomic mass is 10.1. The van der Waals surface area contributed by atoms with Gasteiger partial charge in [0.25, 0.3) is 0 Å². The van der Waals surface area contributed by atoms with Crippen molar-refractivity contribution in [1.29, 1.82) is 0 Å². The van der Waals surface area contributed by atoms with Crippen LogP contribution in [0.25, 0.3) is 0 Å². The molecule has 5 heteroatoms. The van der Waals surface area contributed by atoms with Crippen molar-refractivity contribution in [2.45, 2.75) is 57.0 Å². The average Bonchev–Trinajstić information content (AvgIpc) is 2.52. The lowest BCUT2D eigenvalue weighted by molar-refractivity contribution is -0.137. The molecule has 1 atom stereocenters. The Bertz CT molecular complexity index is 298. The molecular formula is C12H20N2O3. The maximum atomic E-state index is 11.8. The topological polar surface area (TPSA) is 69.6 Å². The molecule has 0 spiro atoms. The third-order valence-corrected chi connectivity index (χ3v) is 3.69. The highest BCUT2D eigenvalue weighted by molar-refractivity contribution is 5.79. The molecule has 0 aromatic heterocycles. The van der Waals surface area contributed by atoms with Crippen molar-refractivity contribution in [3.8, 4) is 0 Å². The predicted octanol–water partition coefficient (Wildman–Crippen LogP) is 1.58. The van der Waals surface area contributed by atoms with E-state index in [4.69, 9.17) is 5.11 Å². The fourth-order valence-electron chi connectivity index (χ4n) is 2.83. The first kappa shape index (κ1) is 12.2. The average molecular weight is 240 g/mol. The van der Waals surface area contributed by atoms with Crippen molar-refractivity contribution in [3.05, 3.63) is 0 Å². The summed E-state index contributed by atoms with van der Waals surface area (Å²) in [6, 6.07) is 0.0164. The Balaban J connectivity index is 1.92. The van der Waals surface area contributed by atoms with Gasteiger partial charge >= 0.3 is 12.0 Å². The lowest BCUT2D eigenvalue weighted by Crippen LogP contribution is -2.37. The number of rotatable bonds is 3. The maximum absolute atomic E-state index is 11.8. The van der Waals surface area contributed by atoms with Gasteiger partial charge in [0.1, 0.15) is 0 Å². The van der Waals surface area contributed by atoms with E-state index in [1.165, 1.54) is 25.7 Å². The number of carboxylic acids is 1. The molecule has 0 bridgehead atoms. The molecule has 1 aliphatic heterocycles. The van der Waals surface area contributed by atoms with Crippen LogP contribution in [0.4, 0.5) is 4.79 Å². The summed E-state index contributed by atoms with van der Waals surface area (Å²) in [6.45, 7) is 0.551. The summed E-state index contributed by atoms with van der Waals surface area (Å²) < 4.78 is 0. The van der Waals surface area contributed by atoms with E-state index in [0.717, 1.165) is 12.8 Å². The largest absolute Gasteiger partial charge is 0.481 e. The number of carbonyl (C=O) groups is 2. The van der Waals surface area contributed by atoms with Crippen molar-refractivity contribution in [2.75, 3.05) is 6.54 Å². The van der Waals surface area contributed by atoms with Gasteiger partial charge in [-0.2, -0.15) is 0 Å². The molecule has 1 saturated carbocycles. The molecule has 0 radical (unpaired) electrons. The van der Waals surface area contributed by atoms with Gasteiger partial charge in [-0.25, -0.2) is 4.79 Å². The van der Waals surface area contributed by atoms with Crippen molar-refractivity contribution in [1.82, 2.24) is 10.2 Å². The molecule has 1 aliphatic carbocycles. The third-order valence-electron chi connectivity index (χ3n) is 3.69. The lowest BCUT2D eigenvalue weighted by Gasteiger charge is -2.25. The van der Waals surface area contributed by atoms with Gasteiger partial charge < -0.3 is 15.3 Å². The Labute approximate surface area is 101 Å². The van der Waals surface area contributed by atoms with Crippen molar-refractivity contribution >= 4 is 12.0 Å². The van der Waals surface area contributed by atoms with Crippen LogP contribution < -0.4 is 5.32 Å². The van der Waals surface area contributed by atoms with Crippen LogP contribution in [-0.2, 0) is 4.79 Å². The van der Waals surface area contributed by atoms with Gasteiger partial charge in [-0.05, 0) is 12.8 Å². The second-order valence-corrected chi connectivity index (χ2v) is 5.04. The molecule has 96 valence electrons. The van der Waals surface area contributed by atoms with Gasteiger partial charge in [-0.1, -0.05) is 25.7 Å². The number of aliphatic carboxylic acids is 1. The summed E-state index contributed by atoms with van der Waals surface area (Å²) in [5.41, 5.74) is 0. The highest BCUT2D eigenvalue weighted by Gasteiger charge is 2.34. The summed E-state index contributed by atoms with van der Waals surface area (Å²) in [5, 5.41) is 11.5. The Hall–Kier alpha value is -1.26. The fraction of sp³-hybridized carbons (Fsp3) is 0.833. The molecule has 2 fully saturated rings. The predicted molar refractivity (Wildman–Crippen MR) is 62.8 cm³/mol. The van der Waals surface area contributed by atoms with Gasteiger partial charge in [0.15, 0.2) is 0 Å². The van der Waals surface area contributed by atoms with Crippen LogP contribution in [0, 0.1) is 0 Å². The van der Waals surface area contributed by atoms with Crippen molar-refractivity contribution in [2.24, 2.45) is 0 Å². The second kappa shape index (κ2) is 5.38. The number of nitrogens with one attached hydrogen (secondary N) is 1. The number of urea groups is 1. The number of hydrogen-bond acceptors (Lipinski definition) is 2. The van der Waals surface area contributed by atoms with E-state index < -0.39 is 5.97 Å². The highest BCUT2D eigenvalue weighted by atomic mass is 16.4. The summed E-state index contributed by atoms with van der Waals surface area (Å²) in [6.07, 6.45) is 7.01. The van der Waals surface area contributed by atoms with Crippen LogP contribution in [0.1, 0.15) is 44.9 Å². The van der Waals surface area contributed by atoms with Crippen LogP contribution in [0.3, 0.4) is 0 Å². The monoisotopic (exact) mass is 240 g/mol. The third kappa shape index (κ3) is 3.11.